The zero-order chi connectivity index (χ0) is 22.8. The summed E-state index contributed by atoms with van der Waals surface area (Å²) in [5.74, 6) is 0. The van der Waals surface area contributed by atoms with Gasteiger partial charge in [0, 0.05) is 0 Å². The van der Waals surface area contributed by atoms with E-state index in [1.54, 1.807) is 0 Å². The van der Waals surface area contributed by atoms with Gasteiger partial charge in [-0.1, -0.05) is 0 Å². The summed E-state index contributed by atoms with van der Waals surface area (Å²) >= 11 is -1.34. The first-order valence-electron chi connectivity index (χ1n) is 11.6. The summed E-state index contributed by atoms with van der Waals surface area (Å²) in [6.45, 7) is 9.08. The molecule has 2 aromatic carbocycles. The van der Waals surface area contributed by atoms with Crippen LogP contribution in [0.15, 0.2) is 85.5 Å². The van der Waals surface area contributed by atoms with E-state index >= 15 is 0 Å². The van der Waals surface area contributed by atoms with Crippen LogP contribution in [0.3, 0.4) is 0 Å². The molecule has 0 fully saturated rings. The molecular formula is C30H30Cl2N2Zr. The van der Waals surface area contributed by atoms with E-state index in [4.69, 9.17) is 0 Å². The van der Waals surface area contributed by atoms with Gasteiger partial charge in [-0.3, -0.25) is 0 Å². The fraction of sp³-hybridized carbons (Fsp3) is 0.200. The molecule has 2 aromatic heterocycles. The normalized spacial score (nSPS) is 21.3. The van der Waals surface area contributed by atoms with Gasteiger partial charge in [0.1, 0.15) is 0 Å². The third-order valence-corrected chi connectivity index (χ3v) is 12.7. The van der Waals surface area contributed by atoms with E-state index < -0.39 is 23.2 Å². The molecule has 178 valence electrons. The molecule has 0 bridgehead atoms. The maximum atomic E-state index is 2.52. The van der Waals surface area contributed by atoms with Crippen LogP contribution in [0.1, 0.15) is 44.5 Å². The Bertz CT molecular complexity index is 1320. The van der Waals surface area contributed by atoms with E-state index in [9.17, 15) is 0 Å². The average molecular weight is 581 g/mol. The van der Waals surface area contributed by atoms with Crippen LogP contribution in [0.5, 0.6) is 0 Å². The van der Waals surface area contributed by atoms with E-state index in [1.165, 1.54) is 44.5 Å². The summed E-state index contributed by atoms with van der Waals surface area (Å²) in [6.07, 6.45) is 18.9. The molecule has 35 heavy (non-hydrogen) atoms. The van der Waals surface area contributed by atoms with Gasteiger partial charge in [-0.15, -0.1) is 24.8 Å². The van der Waals surface area contributed by atoms with Gasteiger partial charge >= 0.3 is 209 Å². The Balaban J connectivity index is 0.00000144. The molecule has 0 saturated heterocycles. The standard InChI is InChI=1S/2C15H14N.2ClH.Zr/c2*1-11-5-6-12(2)15-13(11)7-8-14(15)16-9-3-4-10-16;;;/h2*3-10H,1-2H3;2*1H;. The van der Waals surface area contributed by atoms with Crippen molar-refractivity contribution < 1.29 is 23.2 Å². The number of fused-ring (bicyclic) bond motifs is 2. The molecule has 2 aliphatic carbocycles. The molecule has 2 unspecified atom stereocenters. The van der Waals surface area contributed by atoms with Crippen LogP contribution < -0.4 is 0 Å². The Morgan fingerprint density at radius 1 is 0.543 bits per heavy atom. The van der Waals surface area contributed by atoms with Crippen molar-refractivity contribution in [3.8, 4) is 0 Å². The summed E-state index contributed by atoms with van der Waals surface area (Å²) < 4.78 is 4.78. The van der Waals surface area contributed by atoms with Gasteiger partial charge in [0.25, 0.3) is 0 Å². The summed E-state index contributed by atoms with van der Waals surface area (Å²) in [7, 11) is 0. The van der Waals surface area contributed by atoms with Crippen molar-refractivity contribution in [1.29, 1.82) is 0 Å². The molecule has 0 aliphatic heterocycles. The summed E-state index contributed by atoms with van der Waals surface area (Å²) in [6, 6.07) is 17.9. The van der Waals surface area contributed by atoms with Gasteiger partial charge in [0.2, 0.25) is 0 Å². The third-order valence-electron chi connectivity index (χ3n) is 7.49. The van der Waals surface area contributed by atoms with Crippen LogP contribution >= 0.6 is 24.8 Å². The van der Waals surface area contributed by atoms with Gasteiger partial charge < -0.3 is 0 Å². The number of rotatable bonds is 4. The monoisotopic (exact) mass is 578 g/mol. The smallest absolute Gasteiger partial charge is 0.147 e. The number of hydrogen-bond donors (Lipinski definition) is 0. The number of hydrogen-bond acceptors (Lipinski definition) is 0. The SMILES string of the molecule is Cc1ccc(C)c2c1C=C[C]2([Zr][C]1(n2cccc2)C=Cc2c(C)ccc(C)c21)n1cccc1.Cl.Cl. The van der Waals surface area contributed by atoms with Crippen molar-refractivity contribution in [1.82, 2.24) is 9.13 Å². The fourth-order valence-electron chi connectivity index (χ4n) is 5.88. The van der Waals surface area contributed by atoms with Gasteiger partial charge in [-0.25, -0.2) is 0 Å². The minimum absolute atomic E-state index is 0. The largest absolute Gasteiger partial charge is 0.147 e. The number of aryl methyl sites for hydroxylation is 4. The van der Waals surface area contributed by atoms with Crippen molar-refractivity contribution in [2.24, 2.45) is 0 Å². The fourth-order valence-corrected chi connectivity index (χ4v) is 11.7. The zero-order valence-corrected chi connectivity index (χ0v) is 24.5. The minimum Gasteiger partial charge on any atom is -0.147 e. The molecule has 0 saturated carbocycles. The molecule has 6 rings (SSSR count). The van der Waals surface area contributed by atoms with Crippen LogP contribution in [0, 0.1) is 27.7 Å². The number of halogens is 2. The van der Waals surface area contributed by atoms with Gasteiger partial charge in [0.15, 0.2) is 0 Å². The van der Waals surface area contributed by atoms with E-state index in [1.807, 2.05) is 0 Å². The number of aromatic nitrogens is 2. The first-order valence-corrected chi connectivity index (χ1v) is 14.1. The Labute approximate surface area is 232 Å². The van der Waals surface area contributed by atoms with Gasteiger partial charge in [0.05, 0.1) is 0 Å². The third kappa shape index (κ3) is 3.70. The van der Waals surface area contributed by atoms with E-state index in [0.29, 0.717) is 0 Å². The van der Waals surface area contributed by atoms with Crippen LogP contribution in [0.4, 0.5) is 0 Å². The Hall–Kier alpha value is -2.06. The zero-order valence-electron chi connectivity index (χ0n) is 20.4. The minimum atomic E-state index is -1.34. The van der Waals surface area contributed by atoms with Gasteiger partial charge in [-0.2, -0.15) is 0 Å². The molecule has 2 nitrogen and oxygen atoms in total. The summed E-state index contributed by atoms with van der Waals surface area (Å²) in [4.78, 5) is 0. The van der Waals surface area contributed by atoms with E-state index in [-0.39, 0.29) is 31.3 Å². The first kappa shape index (κ1) is 26.0. The summed E-state index contributed by atoms with van der Waals surface area (Å²) in [5, 5.41) is 0. The molecule has 0 N–H and O–H groups in total. The molecule has 0 spiro atoms. The quantitative estimate of drug-likeness (QED) is 0.235. The maximum absolute atomic E-state index is 2.52. The molecule has 0 amide bonds. The molecular weight excluding hydrogens is 550 g/mol. The second kappa shape index (κ2) is 9.43. The molecule has 4 aromatic rings. The molecule has 5 heteroatoms. The summed E-state index contributed by atoms with van der Waals surface area (Å²) in [5.41, 5.74) is 11.3. The predicted molar refractivity (Wildman–Crippen MR) is 147 cm³/mol. The predicted octanol–water partition coefficient (Wildman–Crippen LogP) is 7.61. The van der Waals surface area contributed by atoms with Crippen molar-refractivity contribution in [2.75, 3.05) is 0 Å². The van der Waals surface area contributed by atoms with Crippen LogP contribution in [-0.4, -0.2) is 9.13 Å². The molecule has 2 aliphatic rings. The molecule has 0 radical (unpaired) electrons. The van der Waals surface area contributed by atoms with Crippen LogP contribution in [0.2, 0.25) is 0 Å². The number of allylic oxidation sites excluding steroid dienone is 2. The van der Waals surface area contributed by atoms with Crippen LogP contribution in [-0.2, 0) is 29.7 Å². The van der Waals surface area contributed by atoms with E-state index in [2.05, 4.69) is 134 Å². The topological polar surface area (TPSA) is 9.86 Å². The van der Waals surface area contributed by atoms with Crippen LogP contribution in [0.25, 0.3) is 12.2 Å². The molecule has 2 heterocycles. The number of nitrogens with zero attached hydrogens (tertiary/aromatic N) is 2. The second-order valence-corrected chi connectivity index (χ2v) is 13.8. The van der Waals surface area contributed by atoms with Crippen molar-refractivity contribution in [2.45, 2.75) is 34.2 Å². The maximum Gasteiger partial charge on any atom is -0.147 e. The first-order chi connectivity index (χ1) is 16.0. The van der Waals surface area contributed by atoms with Crippen molar-refractivity contribution in [3.05, 3.63) is 130 Å². The van der Waals surface area contributed by atoms with Crippen molar-refractivity contribution >= 4 is 37.0 Å². The molecule has 2 atom stereocenters. The van der Waals surface area contributed by atoms with Crippen molar-refractivity contribution in [3.63, 3.8) is 0 Å². The Kier molecular flexibility index (Phi) is 7.01. The Morgan fingerprint density at radius 3 is 1.26 bits per heavy atom. The van der Waals surface area contributed by atoms with E-state index in [0.717, 1.165) is 0 Å². The Morgan fingerprint density at radius 2 is 0.886 bits per heavy atom. The second-order valence-electron chi connectivity index (χ2n) is 9.48. The average Bonchev–Trinajstić information content (AvgIpc) is 3.59. The van der Waals surface area contributed by atoms with Gasteiger partial charge in [-0.05, 0) is 0 Å². The number of benzene rings is 2.